The fourth-order valence-corrected chi connectivity index (χ4v) is 3.27. The number of hydrogen-bond acceptors (Lipinski definition) is 4. The van der Waals surface area contributed by atoms with E-state index in [2.05, 4.69) is 5.32 Å². The molecule has 0 aromatic heterocycles. The molecule has 8 heteroatoms. The molecule has 0 aliphatic rings. The zero-order valence-electron chi connectivity index (χ0n) is 11.3. The van der Waals surface area contributed by atoms with Gasteiger partial charge in [0.15, 0.2) is 0 Å². The Balaban J connectivity index is 3.02. The third-order valence-corrected chi connectivity index (χ3v) is 4.56. The molecule has 0 bridgehead atoms. The molecule has 0 unspecified atom stereocenters. The van der Waals surface area contributed by atoms with Gasteiger partial charge in [-0.25, -0.2) is 8.42 Å². The lowest BCUT2D eigenvalue weighted by atomic mass is 10.3. The second-order valence-electron chi connectivity index (χ2n) is 4.10. The van der Waals surface area contributed by atoms with Crippen LogP contribution in [-0.4, -0.2) is 36.7 Å². The monoisotopic (exact) mass is 315 g/mol. The number of amides is 1. The van der Waals surface area contributed by atoms with E-state index in [4.69, 9.17) is 18.0 Å². The Morgan fingerprint density at radius 2 is 1.90 bits per heavy atom. The molecule has 0 aliphatic heterocycles. The van der Waals surface area contributed by atoms with Crippen LogP contribution in [0.15, 0.2) is 29.2 Å². The van der Waals surface area contributed by atoms with Crippen molar-refractivity contribution in [1.29, 1.82) is 0 Å². The van der Waals surface area contributed by atoms with Crippen molar-refractivity contribution in [2.75, 3.05) is 18.4 Å². The fourth-order valence-electron chi connectivity index (χ4n) is 1.60. The van der Waals surface area contributed by atoms with Gasteiger partial charge in [0.2, 0.25) is 15.9 Å². The van der Waals surface area contributed by atoms with Gasteiger partial charge in [0.25, 0.3) is 0 Å². The number of nitrogens with zero attached hydrogens (tertiary/aromatic N) is 1. The molecule has 1 aromatic rings. The summed E-state index contributed by atoms with van der Waals surface area (Å²) in [5.41, 5.74) is 5.94. The van der Waals surface area contributed by atoms with Crippen LogP contribution in [-0.2, 0) is 14.8 Å². The van der Waals surface area contributed by atoms with Crippen molar-refractivity contribution in [3.63, 3.8) is 0 Å². The number of likely N-dealkylation sites (N-methyl/N-ethyl adjacent to an activating group) is 1. The summed E-state index contributed by atoms with van der Waals surface area (Å²) < 4.78 is 25.9. The van der Waals surface area contributed by atoms with Gasteiger partial charge in [-0.3, -0.25) is 4.79 Å². The smallest absolute Gasteiger partial charge is 0.243 e. The van der Waals surface area contributed by atoms with Gasteiger partial charge in [-0.2, -0.15) is 4.31 Å². The first-order valence-corrected chi connectivity index (χ1v) is 7.78. The number of thiocarbonyl (C=S) groups is 1. The molecule has 0 fully saturated rings. The molecule has 0 aliphatic carbocycles. The second kappa shape index (κ2) is 6.78. The first-order valence-electron chi connectivity index (χ1n) is 5.93. The van der Waals surface area contributed by atoms with Gasteiger partial charge in [0, 0.05) is 19.2 Å². The Labute approximate surface area is 124 Å². The Morgan fingerprint density at radius 3 is 2.30 bits per heavy atom. The summed E-state index contributed by atoms with van der Waals surface area (Å²) in [6, 6.07) is 5.93. The highest BCUT2D eigenvalue weighted by Gasteiger charge is 2.23. The van der Waals surface area contributed by atoms with Gasteiger partial charge in [0.05, 0.1) is 16.4 Å². The number of nitrogens with one attached hydrogen (secondary N) is 1. The molecule has 0 saturated carbocycles. The molecule has 3 N–H and O–H groups in total. The highest BCUT2D eigenvalue weighted by Crippen LogP contribution is 2.18. The summed E-state index contributed by atoms with van der Waals surface area (Å²) in [5, 5.41) is 2.57. The van der Waals surface area contributed by atoms with Crippen LogP contribution >= 0.6 is 12.2 Å². The lowest BCUT2D eigenvalue weighted by molar-refractivity contribution is -0.114. The molecule has 1 amide bonds. The van der Waals surface area contributed by atoms with Crippen LogP contribution < -0.4 is 11.1 Å². The van der Waals surface area contributed by atoms with E-state index in [1.807, 2.05) is 0 Å². The van der Waals surface area contributed by atoms with Crippen molar-refractivity contribution in [3.8, 4) is 0 Å². The van der Waals surface area contributed by atoms with E-state index in [-0.39, 0.29) is 28.9 Å². The number of sulfonamides is 1. The van der Waals surface area contributed by atoms with Crippen molar-refractivity contribution in [3.05, 3.63) is 24.3 Å². The summed E-state index contributed by atoms with van der Waals surface area (Å²) in [6.07, 6.45) is 0. The Morgan fingerprint density at radius 1 is 1.35 bits per heavy atom. The van der Waals surface area contributed by atoms with Crippen molar-refractivity contribution in [2.24, 2.45) is 5.73 Å². The van der Waals surface area contributed by atoms with Crippen LogP contribution in [0.1, 0.15) is 13.8 Å². The van der Waals surface area contributed by atoms with Crippen molar-refractivity contribution < 1.29 is 13.2 Å². The summed E-state index contributed by atoms with van der Waals surface area (Å²) >= 11 is 4.75. The van der Waals surface area contributed by atoms with E-state index in [9.17, 15) is 13.2 Å². The molecule has 110 valence electrons. The zero-order chi connectivity index (χ0) is 15.3. The first-order chi connectivity index (χ1) is 9.27. The van der Waals surface area contributed by atoms with E-state index in [1.54, 1.807) is 6.92 Å². The number of carbonyl (C=O) groups excluding carboxylic acids is 1. The molecule has 20 heavy (non-hydrogen) atoms. The lowest BCUT2D eigenvalue weighted by Crippen LogP contribution is -2.37. The molecule has 0 radical (unpaired) electrons. The van der Waals surface area contributed by atoms with Gasteiger partial charge in [0.1, 0.15) is 0 Å². The van der Waals surface area contributed by atoms with E-state index in [1.165, 1.54) is 35.5 Å². The number of hydrogen-bond donors (Lipinski definition) is 2. The number of rotatable bonds is 6. The number of nitrogens with two attached hydrogens (primary N) is 1. The Bertz CT molecular complexity index is 597. The minimum atomic E-state index is -3.64. The topological polar surface area (TPSA) is 92.5 Å². The number of carbonyl (C=O) groups is 1. The average molecular weight is 315 g/mol. The normalized spacial score (nSPS) is 11.3. The van der Waals surface area contributed by atoms with Gasteiger partial charge >= 0.3 is 0 Å². The predicted molar refractivity (Wildman–Crippen MR) is 82.0 cm³/mol. The van der Waals surface area contributed by atoms with Crippen LogP contribution in [0.5, 0.6) is 0 Å². The molecule has 6 nitrogen and oxygen atoms in total. The van der Waals surface area contributed by atoms with Gasteiger partial charge < -0.3 is 11.1 Å². The van der Waals surface area contributed by atoms with Gasteiger partial charge in [-0.1, -0.05) is 19.1 Å². The number of anilines is 1. The zero-order valence-corrected chi connectivity index (χ0v) is 12.9. The molecule has 0 atom stereocenters. The predicted octanol–water partition coefficient (Wildman–Crippen LogP) is 0.942. The molecule has 0 heterocycles. The standard InChI is InChI=1S/C12H17N3O3S2/c1-3-15(8-12(13)19)20(17,18)11-6-4-10(5-7-11)14-9(2)16/h4-7H,3,8H2,1-2H3,(H2,13,19)(H,14,16). The SMILES string of the molecule is CCN(CC(N)=S)S(=O)(=O)c1ccc(NC(C)=O)cc1. The average Bonchev–Trinajstić information content (AvgIpc) is 2.35. The highest BCUT2D eigenvalue weighted by atomic mass is 32.2. The van der Waals surface area contributed by atoms with E-state index in [0.717, 1.165) is 0 Å². The highest BCUT2D eigenvalue weighted by molar-refractivity contribution is 7.89. The van der Waals surface area contributed by atoms with Crippen LogP contribution in [0, 0.1) is 0 Å². The molecule has 1 rings (SSSR count). The van der Waals surface area contributed by atoms with E-state index in [0.29, 0.717) is 5.69 Å². The minimum absolute atomic E-state index is 0.00160. The van der Waals surface area contributed by atoms with Gasteiger partial charge in [-0.05, 0) is 24.3 Å². The summed E-state index contributed by atoms with van der Waals surface area (Å²) in [5.74, 6) is -0.218. The third kappa shape index (κ3) is 4.26. The summed E-state index contributed by atoms with van der Waals surface area (Å²) in [4.78, 5) is 11.2. The van der Waals surface area contributed by atoms with Crippen LogP contribution in [0.25, 0.3) is 0 Å². The Kier molecular flexibility index (Phi) is 5.61. The van der Waals surface area contributed by atoms with Gasteiger partial charge in [-0.15, -0.1) is 0 Å². The minimum Gasteiger partial charge on any atom is -0.392 e. The van der Waals surface area contributed by atoms with Crippen LogP contribution in [0.3, 0.4) is 0 Å². The van der Waals surface area contributed by atoms with Crippen LogP contribution in [0.2, 0.25) is 0 Å². The van der Waals surface area contributed by atoms with E-state index >= 15 is 0 Å². The number of benzene rings is 1. The first kappa shape index (κ1) is 16.5. The van der Waals surface area contributed by atoms with Crippen molar-refractivity contribution >= 4 is 38.8 Å². The molecule has 0 spiro atoms. The molecular weight excluding hydrogens is 298 g/mol. The molecule has 0 saturated heterocycles. The van der Waals surface area contributed by atoms with Crippen molar-refractivity contribution in [2.45, 2.75) is 18.7 Å². The summed E-state index contributed by atoms with van der Waals surface area (Å²) in [6.45, 7) is 3.36. The quantitative estimate of drug-likeness (QED) is 0.762. The maximum Gasteiger partial charge on any atom is 0.243 e. The summed E-state index contributed by atoms with van der Waals surface area (Å²) in [7, 11) is -3.64. The molecule has 1 aromatic carbocycles. The van der Waals surface area contributed by atoms with E-state index < -0.39 is 10.0 Å². The maximum atomic E-state index is 12.4. The maximum absolute atomic E-state index is 12.4. The largest absolute Gasteiger partial charge is 0.392 e. The van der Waals surface area contributed by atoms with Crippen molar-refractivity contribution in [1.82, 2.24) is 4.31 Å². The Hall–Kier alpha value is -1.51. The lowest BCUT2D eigenvalue weighted by Gasteiger charge is -2.19. The fraction of sp³-hybridized carbons (Fsp3) is 0.333. The third-order valence-electron chi connectivity index (χ3n) is 2.50. The van der Waals surface area contributed by atoms with Crippen LogP contribution in [0.4, 0.5) is 5.69 Å². The second-order valence-corrected chi connectivity index (χ2v) is 6.57. The molecular formula is C12H17N3O3S2.